The minimum absolute atomic E-state index is 0.550. The SMILES string of the molecule is Cc1c[nH]c(-c2cccc(Oc3cccc(Oc4ccccn4)c3)c2)c1. The lowest BCUT2D eigenvalue weighted by Crippen LogP contribution is -1.89. The van der Waals surface area contributed by atoms with E-state index < -0.39 is 0 Å². The van der Waals surface area contributed by atoms with Gasteiger partial charge in [-0.3, -0.25) is 0 Å². The van der Waals surface area contributed by atoms with Crippen molar-refractivity contribution in [2.75, 3.05) is 0 Å². The molecule has 0 aliphatic heterocycles. The summed E-state index contributed by atoms with van der Waals surface area (Å²) in [5.74, 6) is 2.70. The van der Waals surface area contributed by atoms with Crippen molar-refractivity contribution in [3.63, 3.8) is 0 Å². The Morgan fingerprint density at radius 1 is 0.769 bits per heavy atom. The van der Waals surface area contributed by atoms with Crippen LogP contribution in [0.15, 0.2) is 85.2 Å². The van der Waals surface area contributed by atoms with Gasteiger partial charge < -0.3 is 14.5 Å². The van der Waals surface area contributed by atoms with Crippen molar-refractivity contribution in [1.29, 1.82) is 0 Å². The summed E-state index contributed by atoms with van der Waals surface area (Å²) in [7, 11) is 0. The molecule has 2 aromatic heterocycles. The van der Waals surface area contributed by atoms with Crippen molar-refractivity contribution in [3.05, 3.63) is 90.8 Å². The molecule has 26 heavy (non-hydrogen) atoms. The number of nitrogens with one attached hydrogen (secondary N) is 1. The van der Waals surface area contributed by atoms with E-state index in [0.29, 0.717) is 17.4 Å². The highest BCUT2D eigenvalue weighted by atomic mass is 16.5. The Morgan fingerprint density at radius 2 is 1.54 bits per heavy atom. The number of benzene rings is 2. The fourth-order valence-electron chi connectivity index (χ4n) is 2.66. The smallest absolute Gasteiger partial charge is 0.219 e. The molecule has 4 nitrogen and oxygen atoms in total. The third-order valence-corrected chi connectivity index (χ3v) is 3.87. The van der Waals surface area contributed by atoms with Gasteiger partial charge in [-0.05, 0) is 48.9 Å². The van der Waals surface area contributed by atoms with Crippen LogP contribution < -0.4 is 9.47 Å². The van der Waals surface area contributed by atoms with Gasteiger partial charge >= 0.3 is 0 Å². The number of hydrogen-bond acceptors (Lipinski definition) is 3. The van der Waals surface area contributed by atoms with E-state index in [1.54, 1.807) is 6.20 Å². The molecule has 0 fully saturated rings. The van der Waals surface area contributed by atoms with Crippen molar-refractivity contribution in [2.45, 2.75) is 6.92 Å². The average molecular weight is 342 g/mol. The topological polar surface area (TPSA) is 47.1 Å². The molecule has 0 saturated heterocycles. The molecule has 0 aliphatic rings. The molecule has 0 bridgehead atoms. The van der Waals surface area contributed by atoms with Gasteiger partial charge in [-0.15, -0.1) is 0 Å². The molecule has 2 heterocycles. The number of aryl methyl sites for hydroxylation is 1. The largest absolute Gasteiger partial charge is 0.457 e. The van der Waals surface area contributed by atoms with E-state index >= 15 is 0 Å². The number of aromatic nitrogens is 2. The number of nitrogens with zero attached hydrogens (tertiary/aromatic N) is 1. The second kappa shape index (κ2) is 7.15. The minimum atomic E-state index is 0.550. The predicted octanol–water partition coefficient (Wildman–Crippen LogP) is 5.97. The van der Waals surface area contributed by atoms with Crippen LogP contribution in [0.1, 0.15) is 5.56 Å². The molecule has 2 aromatic carbocycles. The van der Waals surface area contributed by atoms with Crippen LogP contribution in [0.5, 0.6) is 23.1 Å². The highest BCUT2D eigenvalue weighted by Gasteiger charge is 2.05. The van der Waals surface area contributed by atoms with Crippen molar-refractivity contribution in [3.8, 4) is 34.4 Å². The lowest BCUT2D eigenvalue weighted by Gasteiger charge is -2.09. The van der Waals surface area contributed by atoms with Gasteiger partial charge in [-0.2, -0.15) is 0 Å². The van der Waals surface area contributed by atoms with Crippen LogP contribution in [-0.2, 0) is 0 Å². The summed E-state index contributed by atoms with van der Waals surface area (Å²) in [4.78, 5) is 7.44. The van der Waals surface area contributed by atoms with E-state index in [2.05, 4.69) is 29.0 Å². The monoisotopic (exact) mass is 342 g/mol. The molecule has 4 rings (SSSR count). The first kappa shape index (κ1) is 16.0. The zero-order valence-electron chi connectivity index (χ0n) is 14.3. The molecule has 0 unspecified atom stereocenters. The maximum Gasteiger partial charge on any atom is 0.219 e. The molecule has 4 heteroatoms. The molecule has 0 amide bonds. The summed E-state index contributed by atoms with van der Waals surface area (Å²) in [6.45, 7) is 2.06. The quantitative estimate of drug-likeness (QED) is 0.486. The molecule has 0 saturated carbocycles. The standard InChI is InChI=1S/C22H18N2O2/c1-16-12-21(24-15-16)17-6-4-7-18(13-17)25-19-8-5-9-20(14-19)26-22-10-2-3-11-23-22/h2-15,24H,1H3. The van der Waals surface area contributed by atoms with Crippen LogP contribution in [0.25, 0.3) is 11.3 Å². The number of aromatic amines is 1. The van der Waals surface area contributed by atoms with Gasteiger partial charge in [0.2, 0.25) is 5.88 Å². The number of ether oxygens (including phenoxy) is 2. The van der Waals surface area contributed by atoms with Crippen LogP contribution in [0.4, 0.5) is 0 Å². The first-order valence-corrected chi connectivity index (χ1v) is 8.38. The highest BCUT2D eigenvalue weighted by molar-refractivity contribution is 5.62. The molecule has 0 radical (unpaired) electrons. The average Bonchev–Trinajstić information content (AvgIpc) is 3.10. The van der Waals surface area contributed by atoms with Crippen LogP contribution >= 0.6 is 0 Å². The summed E-state index contributed by atoms with van der Waals surface area (Å²) in [6.07, 6.45) is 3.69. The van der Waals surface area contributed by atoms with Crippen molar-refractivity contribution >= 4 is 0 Å². The summed E-state index contributed by atoms with van der Waals surface area (Å²) in [5.41, 5.74) is 3.35. The highest BCUT2D eigenvalue weighted by Crippen LogP contribution is 2.30. The first-order chi connectivity index (χ1) is 12.8. The molecular formula is C22H18N2O2. The van der Waals surface area contributed by atoms with Gasteiger partial charge in [-0.1, -0.05) is 24.3 Å². The summed E-state index contributed by atoms with van der Waals surface area (Å²) in [5, 5.41) is 0. The summed E-state index contributed by atoms with van der Waals surface area (Å²) < 4.78 is 11.8. The van der Waals surface area contributed by atoms with Crippen molar-refractivity contribution in [1.82, 2.24) is 9.97 Å². The number of pyridine rings is 1. The fourth-order valence-corrected chi connectivity index (χ4v) is 2.66. The van der Waals surface area contributed by atoms with Gasteiger partial charge in [-0.25, -0.2) is 4.98 Å². The molecule has 0 atom stereocenters. The van der Waals surface area contributed by atoms with Crippen molar-refractivity contribution < 1.29 is 9.47 Å². The summed E-state index contributed by atoms with van der Waals surface area (Å²) >= 11 is 0. The van der Waals surface area contributed by atoms with E-state index in [0.717, 1.165) is 17.0 Å². The third kappa shape index (κ3) is 3.75. The zero-order chi connectivity index (χ0) is 17.8. The fraction of sp³-hybridized carbons (Fsp3) is 0.0455. The Bertz CT molecular complexity index is 1010. The Hall–Kier alpha value is -3.53. The van der Waals surface area contributed by atoms with Gasteiger partial charge in [0.05, 0.1) is 0 Å². The van der Waals surface area contributed by atoms with Crippen LogP contribution in [0.3, 0.4) is 0 Å². The Morgan fingerprint density at radius 3 is 2.27 bits per heavy atom. The van der Waals surface area contributed by atoms with E-state index in [1.165, 1.54) is 5.56 Å². The van der Waals surface area contributed by atoms with E-state index in [9.17, 15) is 0 Å². The maximum absolute atomic E-state index is 6.01. The van der Waals surface area contributed by atoms with Crippen molar-refractivity contribution in [2.24, 2.45) is 0 Å². The van der Waals surface area contributed by atoms with Crippen LogP contribution in [-0.4, -0.2) is 9.97 Å². The minimum Gasteiger partial charge on any atom is -0.457 e. The molecule has 4 aromatic rings. The molecule has 1 N–H and O–H groups in total. The molecule has 0 spiro atoms. The Balaban J connectivity index is 1.53. The molecule has 0 aliphatic carbocycles. The molecule has 128 valence electrons. The van der Waals surface area contributed by atoms with Gasteiger partial charge in [0.1, 0.15) is 17.2 Å². The van der Waals surface area contributed by atoms with Crippen LogP contribution in [0.2, 0.25) is 0 Å². The van der Waals surface area contributed by atoms with Gasteiger partial charge in [0, 0.05) is 35.8 Å². The molecular weight excluding hydrogens is 324 g/mol. The number of hydrogen-bond donors (Lipinski definition) is 1. The second-order valence-electron chi connectivity index (χ2n) is 5.97. The van der Waals surface area contributed by atoms with Crippen LogP contribution in [0, 0.1) is 6.92 Å². The second-order valence-corrected chi connectivity index (χ2v) is 5.97. The van der Waals surface area contributed by atoms with Gasteiger partial charge in [0.15, 0.2) is 0 Å². The Kier molecular flexibility index (Phi) is 4.39. The van der Waals surface area contributed by atoms with E-state index in [4.69, 9.17) is 9.47 Å². The lowest BCUT2D eigenvalue weighted by atomic mass is 10.1. The van der Waals surface area contributed by atoms with E-state index in [-0.39, 0.29) is 0 Å². The van der Waals surface area contributed by atoms with E-state index in [1.807, 2.05) is 66.9 Å². The first-order valence-electron chi connectivity index (χ1n) is 8.38. The normalized spacial score (nSPS) is 10.5. The number of rotatable bonds is 5. The number of H-pyrrole nitrogens is 1. The lowest BCUT2D eigenvalue weighted by molar-refractivity contribution is 0.449. The zero-order valence-corrected chi connectivity index (χ0v) is 14.3. The summed E-state index contributed by atoms with van der Waals surface area (Å²) in [6, 6.07) is 23.2. The van der Waals surface area contributed by atoms with Gasteiger partial charge in [0.25, 0.3) is 0 Å². The predicted molar refractivity (Wildman–Crippen MR) is 102 cm³/mol. The third-order valence-electron chi connectivity index (χ3n) is 3.87. The maximum atomic E-state index is 6.01. The Labute approximate surface area is 152 Å².